The van der Waals surface area contributed by atoms with Gasteiger partial charge in [0.2, 0.25) is 5.91 Å². The highest BCUT2D eigenvalue weighted by atomic mass is 16.4. The fraction of sp³-hybridized carbons (Fsp3) is 0.636. The summed E-state index contributed by atoms with van der Waals surface area (Å²) in [6.45, 7) is 1.99. The van der Waals surface area contributed by atoms with Gasteiger partial charge in [-0.2, -0.15) is 0 Å². The lowest BCUT2D eigenvalue weighted by molar-refractivity contribution is -0.140. The van der Waals surface area contributed by atoms with E-state index < -0.39 is 24.0 Å². The van der Waals surface area contributed by atoms with Crippen LogP contribution in [0.15, 0.2) is 0 Å². The van der Waals surface area contributed by atoms with E-state index >= 15 is 0 Å². The maximum atomic E-state index is 11.4. The quantitative estimate of drug-likeness (QED) is 0.456. The highest BCUT2D eigenvalue weighted by molar-refractivity contribution is 5.86. The van der Waals surface area contributed by atoms with Crippen molar-refractivity contribution in [1.29, 1.82) is 0 Å². The summed E-state index contributed by atoms with van der Waals surface area (Å²) in [6.07, 6.45) is -0.615. The molecule has 0 aromatic rings. The highest BCUT2D eigenvalue weighted by Gasteiger charge is 2.21. The number of nitrogens with zero attached hydrogens (tertiary/aromatic N) is 1. The molecule has 1 atom stereocenters. The number of nitrogens with one attached hydrogen (secondary N) is 2. The summed E-state index contributed by atoms with van der Waals surface area (Å²) in [4.78, 5) is 45.4. The van der Waals surface area contributed by atoms with Gasteiger partial charge >= 0.3 is 18.0 Å². The van der Waals surface area contributed by atoms with E-state index in [2.05, 4.69) is 10.6 Å². The van der Waals surface area contributed by atoms with Crippen molar-refractivity contribution in [2.45, 2.75) is 25.8 Å². The van der Waals surface area contributed by atoms with E-state index in [9.17, 15) is 19.2 Å². The molecule has 0 aliphatic rings. The third kappa shape index (κ3) is 7.19. The Labute approximate surface area is 115 Å². The molecule has 1 unspecified atom stereocenters. The third-order valence-corrected chi connectivity index (χ3v) is 2.55. The molecule has 114 valence electrons. The first-order chi connectivity index (χ1) is 9.27. The Morgan fingerprint density at radius 2 is 1.80 bits per heavy atom. The third-order valence-electron chi connectivity index (χ3n) is 2.55. The molecule has 0 fully saturated rings. The normalized spacial score (nSPS) is 11.3. The minimum atomic E-state index is -1.33. The van der Waals surface area contributed by atoms with Gasteiger partial charge in [0.05, 0.1) is 6.54 Å². The second kappa shape index (κ2) is 8.73. The molecule has 0 aliphatic carbocycles. The number of amides is 3. The Kier molecular flexibility index (Phi) is 7.71. The zero-order valence-electron chi connectivity index (χ0n) is 11.4. The second-order valence-electron chi connectivity index (χ2n) is 4.06. The van der Waals surface area contributed by atoms with Gasteiger partial charge in [-0.05, 0) is 13.3 Å². The van der Waals surface area contributed by atoms with Gasteiger partial charge in [0, 0.05) is 20.0 Å². The van der Waals surface area contributed by atoms with Crippen LogP contribution in [0.3, 0.4) is 0 Å². The molecule has 0 rings (SSSR count). The molecule has 9 nitrogen and oxygen atoms in total. The zero-order chi connectivity index (χ0) is 15.7. The van der Waals surface area contributed by atoms with Crippen LogP contribution in [0.4, 0.5) is 4.79 Å². The average Bonchev–Trinajstić information content (AvgIpc) is 2.39. The van der Waals surface area contributed by atoms with Gasteiger partial charge in [-0.25, -0.2) is 9.59 Å². The van der Waals surface area contributed by atoms with E-state index in [0.29, 0.717) is 6.54 Å². The van der Waals surface area contributed by atoms with Crippen molar-refractivity contribution >= 4 is 23.9 Å². The fourth-order valence-electron chi connectivity index (χ4n) is 1.20. The zero-order valence-corrected chi connectivity index (χ0v) is 11.4. The van der Waals surface area contributed by atoms with Crippen LogP contribution in [0.2, 0.25) is 0 Å². The van der Waals surface area contributed by atoms with E-state index in [1.54, 1.807) is 14.0 Å². The van der Waals surface area contributed by atoms with Gasteiger partial charge in [0.15, 0.2) is 0 Å². The maximum absolute atomic E-state index is 11.4. The van der Waals surface area contributed by atoms with Crippen LogP contribution in [0.1, 0.15) is 19.8 Å². The van der Waals surface area contributed by atoms with Crippen LogP contribution in [0, 0.1) is 0 Å². The molecule has 0 heterocycles. The molecule has 3 amide bonds. The van der Waals surface area contributed by atoms with E-state index in [-0.39, 0.29) is 25.3 Å². The number of rotatable bonds is 8. The molecule has 20 heavy (non-hydrogen) atoms. The number of hydrogen-bond acceptors (Lipinski definition) is 4. The van der Waals surface area contributed by atoms with Crippen molar-refractivity contribution in [3.63, 3.8) is 0 Å². The smallest absolute Gasteiger partial charge is 0.326 e. The van der Waals surface area contributed by atoms with Gasteiger partial charge < -0.3 is 25.7 Å². The number of aliphatic carboxylic acids is 2. The molecule has 0 aromatic carbocycles. The Morgan fingerprint density at radius 3 is 2.25 bits per heavy atom. The highest BCUT2D eigenvalue weighted by Crippen LogP contribution is 1.98. The molecule has 0 aromatic heterocycles. The van der Waals surface area contributed by atoms with Gasteiger partial charge in [-0.3, -0.25) is 9.59 Å². The Morgan fingerprint density at radius 1 is 1.20 bits per heavy atom. The summed E-state index contributed by atoms with van der Waals surface area (Å²) in [7, 11) is 1.56. The van der Waals surface area contributed by atoms with Gasteiger partial charge in [-0.1, -0.05) is 0 Å². The van der Waals surface area contributed by atoms with Crippen LogP contribution in [-0.2, 0) is 14.4 Å². The van der Waals surface area contributed by atoms with E-state index in [1.165, 1.54) is 4.90 Å². The van der Waals surface area contributed by atoms with Crippen molar-refractivity contribution < 1.29 is 29.4 Å². The first-order valence-electron chi connectivity index (χ1n) is 6.00. The van der Waals surface area contributed by atoms with E-state index in [1.807, 2.05) is 0 Å². The molecule has 0 aliphatic heterocycles. The summed E-state index contributed by atoms with van der Waals surface area (Å²) in [5.74, 6) is -2.81. The summed E-state index contributed by atoms with van der Waals surface area (Å²) < 4.78 is 0. The minimum Gasteiger partial charge on any atom is -0.481 e. The Hall–Kier alpha value is -2.32. The number of carbonyl (C=O) groups excluding carboxylic acids is 2. The van der Waals surface area contributed by atoms with Crippen LogP contribution in [0.5, 0.6) is 0 Å². The summed E-state index contributed by atoms with van der Waals surface area (Å²) >= 11 is 0. The topological polar surface area (TPSA) is 136 Å². The van der Waals surface area contributed by atoms with Crippen LogP contribution in [-0.4, -0.2) is 65.2 Å². The molecule has 0 bridgehead atoms. The maximum Gasteiger partial charge on any atom is 0.326 e. The average molecular weight is 289 g/mol. The van der Waals surface area contributed by atoms with Crippen LogP contribution < -0.4 is 10.6 Å². The summed E-state index contributed by atoms with van der Waals surface area (Å²) in [5.41, 5.74) is 0. The van der Waals surface area contributed by atoms with Gasteiger partial charge in [-0.15, -0.1) is 0 Å². The van der Waals surface area contributed by atoms with E-state index in [0.717, 1.165) is 0 Å². The molecule has 4 N–H and O–H groups in total. The lowest BCUT2D eigenvalue weighted by Gasteiger charge is -2.17. The molecule has 9 heteroatoms. The standard InChI is InChI=1S/C11H19N3O6/c1-3-14(2)8(15)6-12-11(20)13-7(10(18)19)4-5-9(16)17/h7H,3-6H2,1-2H3,(H,16,17)(H,18,19)(H2,12,13,20). The van der Waals surface area contributed by atoms with Crippen molar-refractivity contribution in [2.75, 3.05) is 20.1 Å². The Balaban J connectivity index is 4.23. The Bertz CT molecular complexity index is 384. The predicted molar refractivity (Wildman–Crippen MR) is 68.1 cm³/mol. The van der Waals surface area contributed by atoms with Crippen molar-refractivity contribution in [3.8, 4) is 0 Å². The molecule has 0 saturated heterocycles. The molecular formula is C11H19N3O6. The second-order valence-corrected chi connectivity index (χ2v) is 4.06. The minimum absolute atomic E-state index is 0.235. The number of likely N-dealkylation sites (N-methyl/N-ethyl adjacent to an activating group) is 1. The first kappa shape index (κ1) is 17.7. The number of hydrogen-bond donors (Lipinski definition) is 4. The summed E-state index contributed by atoms with van der Waals surface area (Å²) in [5, 5.41) is 21.6. The molecule has 0 saturated carbocycles. The molecule has 0 spiro atoms. The van der Waals surface area contributed by atoms with Crippen molar-refractivity contribution in [3.05, 3.63) is 0 Å². The first-order valence-corrected chi connectivity index (χ1v) is 6.00. The monoisotopic (exact) mass is 289 g/mol. The molecular weight excluding hydrogens is 270 g/mol. The molecule has 0 radical (unpaired) electrons. The summed E-state index contributed by atoms with van der Waals surface area (Å²) in [6, 6.07) is -2.15. The number of carboxylic acids is 2. The predicted octanol–water partition coefficient (Wildman–Crippen LogP) is -0.918. The van der Waals surface area contributed by atoms with Gasteiger partial charge in [0.25, 0.3) is 0 Å². The lowest BCUT2D eigenvalue weighted by atomic mass is 10.1. The van der Waals surface area contributed by atoms with Crippen LogP contribution in [0.25, 0.3) is 0 Å². The number of carboxylic acid groups (broad SMARTS) is 2. The van der Waals surface area contributed by atoms with E-state index in [4.69, 9.17) is 10.2 Å². The number of urea groups is 1. The number of carbonyl (C=O) groups is 4. The lowest BCUT2D eigenvalue weighted by Crippen LogP contribution is -2.48. The van der Waals surface area contributed by atoms with Crippen LogP contribution >= 0.6 is 0 Å². The van der Waals surface area contributed by atoms with Crippen molar-refractivity contribution in [2.24, 2.45) is 0 Å². The fourth-order valence-corrected chi connectivity index (χ4v) is 1.20. The SMILES string of the molecule is CCN(C)C(=O)CNC(=O)NC(CCC(=O)O)C(=O)O. The largest absolute Gasteiger partial charge is 0.481 e. The van der Waals surface area contributed by atoms with Crippen molar-refractivity contribution in [1.82, 2.24) is 15.5 Å². The van der Waals surface area contributed by atoms with Gasteiger partial charge in [0.1, 0.15) is 6.04 Å².